The van der Waals surface area contributed by atoms with E-state index in [9.17, 15) is 9.59 Å². The van der Waals surface area contributed by atoms with Crippen LogP contribution in [-0.2, 0) is 9.53 Å². The number of rotatable bonds is 2. The number of carbonyl (C=O) groups excluding carboxylic acids is 2. The maximum absolute atomic E-state index is 11.3. The molecular formula is C7H9N2O3S+. The predicted molar refractivity (Wildman–Crippen MR) is 46.4 cm³/mol. The summed E-state index contributed by atoms with van der Waals surface area (Å²) in [6.45, 7) is 1.67. The van der Waals surface area contributed by atoms with Crippen LogP contribution in [0.2, 0.25) is 0 Å². The maximum Gasteiger partial charge on any atom is 0.380 e. The zero-order valence-corrected chi connectivity index (χ0v) is 8.03. The van der Waals surface area contributed by atoms with Gasteiger partial charge in [0, 0.05) is 0 Å². The Morgan fingerprint density at radius 2 is 2.15 bits per heavy atom. The zero-order valence-electron chi connectivity index (χ0n) is 7.21. The van der Waals surface area contributed by atoms with E-state index in [0.29, 0.717) is 15.7 Å². The number of nitrogens with two attached hydrogens (primary N) is 1. The summed E-state index contributed by atoms with van der Waals surface area (Å²) in [4.78, 5) is 25.2. The van der Waals surface area contributed by atoms with Crippen molar-refractivity contribution in [3.63, 3.8) is 0 Å². The number of methoxy groups -OCH3 is 1. The highest BCUT2D eigenvalue weighted by molar-refractivity contribution is 7.17. The summed E-state index contributed by atoms with van der Waals surface area (Å²) in [5.41, 5.74) is 6.00. The van der Waals surface area contributed by atoms with Gasteiger partial charge in [-0.15, -0.1) is 0 Å². The number of hydrogen-bond donors (Lipinski definition) is 1. The van der Waals surface area contributed by atoms with Crippen molar-refractivity contribution < 1.29 is 19.3 Å². The lowest BCUT2D eigenvalue weighted by Gasteiger charge is -1.93. The van der Waals surface area contributed by atoms with Gasteiger partial charge >= 0.3 is 11.1 Å². The van der Waals surface area contributed by atoms with E-state index < -0.39 is 11.8 Å². The van der Waals surface area contributed by atoms with Gasteiger partial charge in [-0.2, -0.15) is 0 Å². The lowest BCUT2D eigenvalue weighted by Crippen LogP contribution is -2.17. The van der Waals surface area contributed by atoms with E-state index in [1.54, 1.807) is 6.92 Å². The molecule has 0 radical (unpaired) electrons. The number of aromatic nitrogens is 1. The summed E-state index contributed by atoms with van der Waals surface area (Å²) in [5, 5.41) is 0.393. The third kappa shape index (κ3) is 1.83. The number of aromatic amines is 1. The van der Waals surface area contributed by atoms with Gasteiger partial charge in [0.15, 0.2) is 0 Å². The van der Waals surface area contributed by atoms with Gasteiger partial charge in [0.2, 0.25) is 0 Å². The van der Waals surface area contributed by atoms with Crippen molar-refractivity contribution in [3.8, 4) is 0 Å². The van der Waals surface area contributed by atoms with E-state index in [1.807, 2.05) is 0 Å². The molecule has 0 aliphatic carbocycles. The molecule has 0 saturated heterocycles. The average Bonchev–Trinajstić information content (AvgIpc) is 2.42. The molecule has 0 saturated carbocycles. The molecule has 5 nitrogen and oxygen atoms in total. The first-order chi connectivity index (χ1) is 6.06. The Morgan fingerprint density at radius 3 is 2.54 bits per heavy atom. The van der Waals surface area contributed by atoms with Gasteiger partial charge in [0.1, 0.15) is 10.6 Å². The van der Waals surface area contributed by atoms with Crippen LogP contribution in [0.3, 0.4) is 0 Å². The molecule has 1 aromatic rings. The summed E-state index contributed by atoms with van der Waals surface area (Å²) >= 11 is 1.04. The smallest absolute Gasteiger partial charge is 0.380 e. The maximum atomic E-state index is 11.3. The first kappa shape index (κ1) is 9.66. The van der Waals surface area contributed by atoms with E-state index in [4.69, 9.17) is 5.73 Å². The molecule has 0 aliphatic heterocycles. The summed E-state index contributed by atoms with van der Waals surface area (Å²) in [6.07, 6.45) is 0. The normalized spacial score (nSPS) is 9.69. The van der Waals surface area contributed by atoms with Crippen LogP contribution in [0, 0.1) is 6.92 Å². The van der Waals surface area contributed by atoms with Crippen LogP contribution in [0.25, 0.3) is 0 Å². The van der Waals surface area contributed by atoms with Gasteiger partial charge in [-0.25, -0.2) is 9.78 Å². The van der Waals surface area contributed by atoms with Crippen molar-refractivity contribution in [2.24, 2.45) is 0 Å². The molecule has 0 amide bonds. The summed E-state index contributed by atoms with van der Waals surface area (Å²) in [5.74, 6) is -1.55. The fraction of sp³-hybridized carbons (Fsp3) is 0.286. The minimum atomic E-state index is -0.877. The SMILES string of the molecule is COC(=O)C(=O)c1sc(N)[nH+]c1C. The van der Waals surface area contributed by atoms with Crippen LogP contribution in [0.15, 0.2) is 0 Å². The van der Waals surface area contributed by atoms with Crippen molar-refractivity contribution in [1.82, 2.24) is 0 Å². The van der Waals surface area contributed by atoms with Gasteiger partial charge in [0.05, 0.1) is 7.11 Å². The van der Waals surface area contributed by atoms with Gasteiger partial charge in [0.25, 0.3) is 5.78 Å². The molecule has 3 N–H and O–H groups in total. The van der Waals surface area contributed by atoms with Gasteiger partial charge in [-0.3, -0.25) is 10.5 Å². The quantitative estimate of drug-likeness (QED) is 0.408. The Bertz CT molecular complexity index is 359. The number of nitrogen functional groups attached to an aromatic ring is 1. The molecule has 0 spiro atoms. The lowest BCUT2D eigenvalue weighted by molar-refractivity contribution is -0.363. The van der Waals surface area contributed by atoms with E-state index in [0.717, 1.165) is 18.4 Å². The van der Waals surface area contributed by atoms with Crippen LogP contribution in [-0.4, -0.2) is 18.9 Å². The average molecular weight is 201 g/mol. The van der Waals surface area contributed by atoms with Gasteiger partial charge < -0.3 is 4.74 Å². The topological polar surface area (TPSA) is 83.5 Å². The molecule has 13 heavy (non-hydrogen) atoms. The molecule has 0 bridgehead atoms. The van der Waals surface area contributed by atoms with Crippen LogP contribution >= 0.6 is 11.3 Å². The summed E-state index contributed by atoms with van der Waals surface area (Å²) in [7, 11) is 1.16. The number of thiazole rings is 1. The molecule has 0 aromatic carbocycles. The molecule has 0 unspecified atom stereocenters. The monoisotopic (exact) mass is 201 g/mol. The Kier molecular flexibility index (Phi) is 2.62. The highest BCUT2D eigenvalue weighted by Crippen LogP contribution is 2.16. The second-order valence-electron chi connectivity index (χ2n) is 2.37. The summed E-state index contributed by atoms with van der Waals surface area (Å²) < 4.78 is 4.29. The standard InChI is InChI=1S/C7H8N2O3S/c1-3-5(13-7(8)9-3)4(10)6(11)12-2/h1-2H3,(H2,8,9)/p+1. The van der Waals surface area contributed by atoms with Crippen LogP contribution in [0.1, 0.15) is 15.4 Å². The number of Topliss-reactive ketones (excluding diaryl/α,β-unsaturated/α-hetero) is 1. The number of ether oxygens (including phenoxy) is 1. The number of anilines is 1. The number of nitrogens with one attached hydrogen (secondary N) is 1. The highest BCUT2D eigenvalue weighted by atomic mass is 32.1. The molecule has 1 aromatic heterocycles. The number of ketones is 1. The highest BCUT2D eigenvalue weighted by Gasteiger charge is 2.24. The number of esters is 1. The Hall–Kier alpha value is -1.43. The molecule has 1 rings (SSSR count). The second-order valence-corrected chi connectivity index (χ2v) is 3.42. The van der Waals surface area contributed by atoms with Crippen LogP contribution in [0.4, 0.5) is 5.13 Å². The molecule has 1 heterocycles. The Labute approximate surface area is 78.5 Å². The fourth-order valence-electron chi connectivity index (χ4n) is 0.856. The van der Waals surface area contributed by atoms with Gasteiger partial charge in [-0.05, 0) is 18.3 Å². The molecule has 0 atom stereocenters. The van der Waals surface area contributed by atoms with E-state index in [1.165, 1.54) is 0 Å². The molecule has 0 aliphatic rings. The minimum Gasteiger partial charge on any atom is -0.463 e. The molecular weight excluding hydrogens is 192 g/mol. The number of hydrogen-bond acceptors (Lipinski definition) is 5. The van der Waals surface area contributed by atoms with Crippen LogP contribution < -0.4 is 10.7 Å². The molecule has 70 valence electrons. The van der Waals surface area contributed by atoms with Crippen molar-refractivity contribution in [1.29, 1.82) is 0 Å². The van der Waals surface area contributed by atoms with E-state index >= 15 is 0 Å². The number of H-pyrrole nitrogens is 1. The Balaban J connectivity index is 3.01. The van der Waals surface area contributed by atoms with E-state index in [-0.39, 0.29) is 0 Å². The minimum absolute atomic E-state index is 0.296. The van der Waals surface area contributed by atoms with Crippen molar-refractivity contribution >= 4 is 28.2 Å². The fourth-order valence-corrected chi connectivity index (χ4v) is 1.66. The second kappa shape index (κ2) is 3.53. The van der Waals surface area contributed by atoms with Crippen molar-refractivity contribution in [2.45, 2.75) is 6.92 Å². The van der Waals surface area contributed by atoms with Crippen molar-refractivity contribution in [3.05, 3.63) is 10.6 Å². The molecule has 0 fully saturated rings. The first-order valence-corrected chi connectivity index (χ1v) is 4.28. The lowest BCUT2D eigenvalue weighted by atomic mass is 10.3. The number of carbonyl (C=O) groups is 2. The van der Waals surface area contributed by atoms with Crippen molar-refractivity contribution in [2.75, 3.05) is 12.8 Å². The summed E-state index contributed by atoms with van der Waals surface area (Å²) in [6, 6.07) is 0. The predicted octanol–water partition coefficient (Wildman–Crippen LogP) is -0.191. The Morgan fingerprint density at radius 1 is 1.54 bits per heavy atom. The van der Waals surface area contributed by atoms with E-state index in [2.05, 4.69) is 9.72 Å². The largest absolute Gasteiger partial charge is 0.463 e. The number of aryl methyl sites for hydroxylation is 1. The van der Waals surface area contributed by atoms with Gasteiger partial charge in [-0.1, -0.05) is 0 Å². The first-order valence-electron chi connectivity index (χ1n) is 3.47. The third-order valence-corrected chi connectivity index (χ3v) is 2.46. The van der Waals surface area contributed by atoms with Crippen LogP contribution in [0.5, 0.6) is 0 Å². The third-order valence-electron chi connectivity index (χ3n) is 1.44. The molecule has 6 heteroatoms. The zero-order chi connectivity index (χ0) is 10.0.